The van der Waals surface area contributed by atoms with Gasteiger partial charge >= 0.3 is 6.09 Å². The van der Waals surface area contributed by atoms with Crippen LogP contribution in [0, 0.1) is 20.8 Å². The molecule has 1 atom stereocenters. The van der Waals surface area contributed by atoms with Gasteiger partial charge in [0.05, 0.1) is 22.6 Å². The van der Waals surface area contributed by atoms with Crippen LogP contribution in [-0.4, -0.2) is 60.8 Å². The van der Waals surface area contributed by atoms with Gasteiger partial charge in [0.2, 0.25) is 5.95 Å². The van der Waals surface area contributed by atoms with E-state index >= 15 is 0 Å². The Morgan fingerprint density at radius 1 is 1.22 bits per heavy atom. The largest absolute Gasteiger partial charge is 0.444 e. The predicted molar refractivity (Wildman–Crippen MR) is 141 cm³/mol. The molecule has 1 saturated heterocycles. The number of ether oxygens (including phenoxy) is 1. The number of amides is 1. The van der Waals surface area contributed by atoms with Gasteiger partial charge in [0.15, 0.2) is 0 Å². The third-order valence-corrected chi connectivity index (χ3v) is 6.46. The van der Waals surface area contributed by atoms with Gasteiger partial charge in [-0.05, 0) is 72.1 Å². The molecule has 10 nitrogen and oxygen atoms in total. The van der Waals surface area contributed by atoms with Crippen molar-refractivity contribution in [3.63, 3.8) is 0 Å². The molecule has 5 rings (SSSR count). The fraction of sp³-hybridized carbons (Fsp3) is 0.444. The highest BCUT2D eigenvalue weighted by molar-refractivity contribution is 5.94. The monoisotopic (exact) mass is 503 g/mol. The van der Waals surface area contributed by atoms with Crippen molar-refractivity contribution in [1.29, 1.82) is 0 Å². The second-order valence-corrected chi connectivity index (χ2v) is 10.6. The van der Waals surface area contributed by atoms with Gasteiger partial charge in [-0.1, -0.05) is 5.16 Å². The Labute approximate surface area is 215 Å². The third kappa shape index (κ3) is 5.14. The molecule has 1 aliphatic rings. The molecule has 0 saturated carbocycles. The topological polar surface area (TPSA) is 122 Å². The molecule has 0 spiro atoms. The zero-order chi connectivity index (χ0) is 26.3. The number of piperidine rings is 1. The van der Waals surface area contributed by atoms with Crippen molar-refractivity contribution in [3.8, 4) is 22.5 Å². The SMILES string of the molecule is Cc1cnc(N[C@H]2CCCN(C(=O)OC(C)(C)C)C2)nc1-c1c[nH]c2nc(-c3c(C)noc3C)ccc12. The van der Waals surface area contributed by atoms with Crippen molar-refractivity contribution in [3.05, 3.63) is 41.5 Å². The first-order chi connectivity index (χ1) is 17.6. The van der Waals surface area contributed by atoms with E-state index in [0.29, 0.717) is 19.0 Å². The molecular weight excluding hydrogens is 470 g/mol. The number of nitrogens with zero attached hydrogens (tertiary/aromatic N) is 5. The number of aryl methyl sites for hydroxylation is 3. The predicted octanol–water partition coefficient (Wildman–Crippen LogP) is 5.41. The maximum absolute atomic E-state index is 12.6. The maximum Gasteiger partial charge on any atom is 0.410 e. The number of anilines is 1. The summed E-state index contributed by atoms with van der Waals surface area (Å²) in [5.41, 5.74) is 5.52. The van der Waals surface area contributed by atoms with E-state index in [-0.39, 0.29) is 12.1 Å². The number of fused-ring (bicyclic) bond motifs is 1. The van der Waals surface area contributed by atoms with Gasteiger partial charge in [-0.2, -0.15) is 0 Å². The quantitative estimate of drug-likeness (QED) is 0.379. The van der Waals surface area contributed by atoms with Crippen LogP contribution >= 0.6 is 0 Å². The number of hydrogen-bond acceptors (Lipinski definition) is 8. The van der Waals surface area contributed by atoms with Gasteiger partial charge in [-0.15, -0.1) is 0 Å². The number of hydrogen-bond donors (Lipinski definition) is 2. The molecule has 1 aliphatic heterocycles. The maximum atomic E-state index is 12.6. The van der Waals surface area contributed by atoms with Crippen molar-refractivity contribution in [2.75, 3.05) is 18.4 Å². The van der Waals surface area contributed by atoms with E-state index in [4.69, 9.17) is 19.2 Å². The second kappa shape index (κ2) is 9.49. The average molecular weight is 504 g/mol. The van der Waals surface area contributed by atoms with Crippen molar-refractivity contribution in [2.24, 2.45) is 0 Å². The summed E-state index contributed by atoms with van der Waals surface area (Å²) in [6, 6.07) is 4.07. The van der Waals surface area contributed by atoms with Gasteiger partial charge in [-0.25, -0.2) is 19.7 Å². The number of H-pyrrole nitrogens is 1. The molecule has 0 radical (unpaired) electrons. The highest BCUT2D eigenvalue weighted by Crippen LogP contribution is 2.32. The van der Waals surface area contributed by atoms with Crippen LogP contribution in [0.5, 0.6) is 0 Å². The normalized spacial score (nSPS) is 16.3. The number of carbonyl (C=O) groups is 1. The van der Waals surface area contributed by atoms with Gasteiger partial charge < -0.3 is 24.5 Å². The fourth-order valence-electron chi connectivity index (χ4n) is 4.74. The number of aromatic amines is 1. The summed E-state index contributed by atoms with van der Waals surface area (Å²) in [5.74, 6) is 1.28. The highest BCUT2D eigenvalue weighted by atomic mass is 16.6. The molecule has 10 heteroatoms. The first-order valence-electron chi connectivity index (χ1n) is 12.6. The summed E-state index contributed by atoms with van der Waals surface area (Å²) in [7, 11) is 0. The zero-order valence-corrected chi connectivity index (χ0v) is 22.2. The van der Waals surface area contributed by atoms with Crippen LogP contribution in [0.4, 0.5) is 10.7 Å². The van der Waals surface area contributed by atoms with Crippen LogP contribution in [-0.2, 0) is 4.74 Å². The van der Waals surface area contributed by atoms with Crippen LogP contribution in [0.25, 0.3) is 33.5 Å². The summed E-state index contributed by atoms with van der Waals surface area (Å²) >= 11 is 0. The van der Waals surface area contributed by atoms with Gasteiger partial charge in [0.1, 0.15) is 17.0 Å². The summed E-state index contributed by atoms with van der Waals surface area (Å²) in [5, 5.41) is 8.45. The number of nitrogens with one attached hydrogen (secondary N) is 2. The molecule has 0 aromatic carbocycles. The molecule has 194 valence electrons. The molecule has 0 aliphatic carbocycles. The van der Waals surface area contributed by atoms with Crippen LogP contribution in [0.2, 0.25) is 0 Å². The summed E-state index contributed by atoms with van der Waals surface area (Å²) in [4.78, 5) is 31.8. The Morgan fingerprint density at radius 2 is 2.03 bits per heavy atom. The molecule has 4 aromatic heterocycles. The number of carbonyl (C=O) groups excluding carboxylic acids is 1. The lowest BCUT2D eigenvalue weighted by Crippen LogP contribution is -2.47. The average Bonchev–Trinajstić information content (AvgIpc) is 3.41. The molecule has 37 heavy (non-hydrogen) atoms. The molecule has 1 amide bonds. The number of aromatic nitrogens is 5. The van der Waals surface area contributed by atoms with E-state index in [0.717, 1.165) is 63.4 Å². The van der Waals surface area contributed by atoms with E-state index < -0.39 is 5.60 Å². The lowest BCUT2D eigenvalue weighted by Gasteiger charge is -2.34. The van der Waals surface area contributed by atoms with Gasteiger partial charge in [0, 0.05) is 42.5 Å². The number of pyridine rings is 1. The fourth-order valence-corrected chi connectivity index (χ4v) is 4.74. The van der Waals surface area contributed by atoms with Crippen LogP contribution < -0.4 is 5.32 Å². The van der Waals surface area contributed by atoms with Crippen molar-refractivity contribution >= 4 is 23.1 Å². The van der Waals surface area contributed by atoms with Crippen LogP contribution in [0.1, 0.15) is 50.6 Å². The lowest BCUT2D eigenvalue weighted by molar-refractivity contribution is 0.0206. The van der Waals surface area contributed by atoms with Crippen LogP contribution in [0.3, 0.4) is 0 Å². The minimum atomic E-state index is -0.519. The minimum absolute atomic E-state index is 0.0408. The highest BCUT2D eigenvalue weighted by Gasteiger charge is 2.28. The summed E-state index contributed by atoms with van der Waals surface area (Å²) in [6.07, 6.45) is 5.28. The molecular formula is C27H33N7O3. The minimum Gasteiger partial charge on any atom is -0.444 e. The van der Waals surface area contributed by atoms with Gasteiger partial charge in [0.25, 0.3) is 0 Å². The van der Waals surface area contributed by atoms with E-state index in [1.54, 1.807) is 4.90 Å². The lowest BCUT2D eigenvalue weighted by atomic mass is 10.1. The Kier molecular flexibility index (Phi) is 6.35. The summed E-state index contributed by atoms with van der Waals surface area (Å²) in [6.45, 7) is 12.7. The number of likely N-dealkylation sites (tertiary alicyclic amines) is 1. The molecule has 2 N–H and O–H groups in total. The Balaban J connectivity index is 1.38. The van der Waals surface area contributed by atoms with E-state index in [1.165, 1.54) is 0 Å². The molecule has 0 bridgehead atoms. The van der Waals surface area contributed by atoms with Crippen molar-refractivity contribution in [1.82, 2.24) is 30.0 Å². The second-order valence-electron chi connectivity index (χ2n) is 10.6. The summed E-state index contributed by atoms with van der Waals surface area (Å²) < 4.78 is 10.9. The standard InChI is InChI=1S/C27H33N7O3/c1-15-12-29-25(30-18-8-7-11-34(14-18)26(35)36-27(4,5)6)32-23(15)20-13-28-24-19(20)9-10-21(31-24)22-16(2)33-37-17(22)3/h9-10,12-13,18H,7-8,11,14H2,1-6H3,(H,28,31)(H,29,30,32)/t18-/m0/s1. The zero-order valence-electron chi connectivity index (χ0n) is 22.2. The Hall–Kier alpha value is -3.95. The smallest absolute Gasteiger partial charge is 0.410 e. The Morgan fingerprint density at radius 3 is 2.76 bits per heavy atom. The van der Waals surface area contributed by atoms with E-state index in [9.17, 15) is 4.79 Å². The molecule has 4 aromatic rings. The molecule has 0 unspecified atom stereocenters. The van der Waals surface area contributed by atoms with E-state index in [1.807, 2.05) is 66.1 Å². The van der Waals surface area contributed by atoms with Crippen LogP contribution in [0.15, 0.2) is 29.0 Å². The first kappa shape index (κ1) is 24.7. The molecule has 1 fully saturated rings. The van der Waals surface area contributed by atoms with Gasteiger partial charge in [-0.3, -0.25) is 0 Å². The molecule has 5 heterocycles. The first-order valence-corrected chi connectivity index (χ1v) is 12.6. The number of rotatable bonds is 4. The van der Waals surface area contributed by atoms with E-state index in [2.05, 4.69) is 20.4 Å². The Bertz CT molecular complexity index is 1430. The third-order valence-electron chi connectivity index (χ3n) is 6.46. The van der Waals surface area contributed by atoms with Crippen molar-refractivity contribution < 1.29 is 14.1 Å². The van der Waals surface area contributed by atoms with Crippen molar-refractivity contribution in [2.45, 2.75) is 66.0 Å².